The molecule has 0 saturated carbocycles. The van der Waals surface area contributed by atoms with E-state index in [0.717, 1.165) is 0 Å². The Bertz CT molecular complexity index is 1060. The summed E-state index contributed by atoms with van der Waals surface area (Å²) in [5, 5.41) is 10.8. The molecule has 0 saturated heterocycles. The minimum Gasteiger partial charge on any atom is -0.463 e. The third-order valence-electron chi connectivity index (χ3n) is 4.81. The van der Waals surface area contributed by atoms with Crippen molar-refractivity contribution in [1.82, 2.24) is 15.5 Å². The first-order chi connectivity index (χ1) is 15.9. The molecule has 10 heteroatoms. The minimum absolute atomic E-state index is 0.0222. The molecule has 0 aliphatic carbocycles. The zero-order valence-electron chi connectivity index (χ0n) is 18.8. The van der Waals surface area contributed by atoms with Crippen LogP contribution in [0.5, 0.6) is 0 Å². The normalized spacial score (nSPS) is 14.1. The first-order valence-electron chi connectivity index (χ1n) is 10.4. The Morgan fingerprint density at radius 1 is 0.909 bits per heavy atom. The summed E-state index contributed by atoms with van der Waals surface area (Å²) in [5.74, 6) is -3.31. The van der Waals surface area contributed by atoms with Crippen molar-refractivity contribution < 1.29 is 33.0 Å². The van der Waals surface area contributed by atoms with E-state index in [9.17, 15) is 14.4 Å². The predicted molar refractivity (Wildman–Crippen MR) is 115 cm³/mol. The third-order valence-corrected chi connectivity index (χ3v) is 4.81. The predicted octanol–water partition coefficient (Wildman–Crippen LogP) is 2.67. The molecule has 1 aromatic carbocycles. The van der Waals surface area contributed by atoms with Crippen LogP contribution in [0.1, 0.15) is 33.6 Å². The highest BCUT2D eigenvalue weighted by atomic mass is 16.6. The summed E-state index contributed by atoms with van der Waals surface area (Å²) < 4.78 is 21.2. The number of benzene rings is 1. The lowest BCUT2D eigenvalue weighted by molar-refractivity contribution is -0.153. The van der Waals surface area contributed by atoms with Gasteiger partial charge < -0.3 is 23.9 Å². The van der Waals surface area contributed by atoms with Gasteiger partial charge in [0, 0.05) is 17.0 Å². The van der Waals surface area contributed by atoms with Crippen molar-refractivity contribution in [2.45, 2.75) is 34.3 Å². The van der Waals surface area contributed by atoms with Gasteiger partial charge in [-0.3, -0.25) is 4.79 Å². The summed E-state index contributed by atoms with van der Waals surface area (Å²) in [4.78, 5) is 38.4. The zero-order valence-corrected chi connectivity index (χ0v) is 18.8. The molecular weight excluding hydrogens is 430 g/mol. The molecule has 1 aliphatic heterocycles. The molecule has 174 valence electrons. The number of hydrogen-bond donors (Lipinski definition) is 1. The van der Waals surface area contributed by atoms with E-state index in [1.54, 1.807) is 39.8 Å². The highest BCUT2D eigenvalue weighted by molar-refractivity contribution is 6.05. The van der Waals surface area contributed by atoms with Gasteiger partial charge in [-0.05, 0) is 39.8 Å². The van der Waals surface area contributed by atoms with E-state index in [2.05, 4.69) is 15.5 Å². The lowest BCUT2D eigenvalue weighted by atomic mass is 9.85. The number of nitrogens with zero attached hydrogens (tertiary/aromatic N) is 2. The average molecular weight is 455 g/mol. The van der Waals surface area contributed by atoms with Gasteiger partial charge in [-0.2, -0.15) is 0 Å². The van der Waals surface area contributed by atoms with E-state index in [4.69, 9.17) is 18.6 Å². The summed E-state index contributed by atoms with van der Waals surface area (Å²) in [6.45, 7) is 6.37. The van der Waals surface area contributed by atoms with Crippen LogP contribution < -0.4 is 5.32 Å². The summed E-state index contributed by atoms with van der Waals surface area (Å²) in [6, 6.07) is 9.11. The summed E-state index contributed by atoms with van der Waals surface area (Å²) in [7, 11) is 0. The Hall–Kier alpha value is -3.95. The Morgan fingerprint density at radius 2 is 1.48 bits per heavy atom. The summed E-state index contributed by atoms with van der Waals surface area (Å²) in [5.41, 5.74) is 1.43. The van der Waals surface area contributed by atoms with E-state index in [0.29, 0.717) is 17.0 Å². The van der Waals surface area contributed by atoms with Crippen molar-refractivity contribution in [2.75, 3.05) is 13.2 Å². The molecule has 0 radical (unpaired) electrons. The number of aromatic nitrogens is 2. The van der Waals surface area contributed by atoms with Crippen molar-refractivity contribution in [1.29, 1.82) is 0 Å². The molecule has 2 aromatic rings. The molecule has 0 spiro atoms. The van der Waals surface area contributed by atoms with Crippen molar-refractivity contribution >= 4 is 17.9 Å². The molecule has 1 aliphatic rings. The van der Waals surface area contributed by atoms with Crippen LogP contribution in [0.15, 0.2) is 57.3 Å². The number of dihydropyridines is 1. The van der Waals surface area contributed by atoms with Gasteiger partial charge in [0.1, 0.15) is 5.92 Å². The van der Waals surface area contributed by atoms with Crippen LogP contribution in [0.3, 0.4) is 0 Å². The van der Waals surface area contributed by atoms with Crippen molar-refractivity contribution in [3.63, 3.8) is 0 Å². The molecule has 0 bridgehead atoms. The van der Waals surface area contributed by atoms with Gasteiger partial charge >= 0.3 is 17.9 Å². The van der Waals surface area contributed by atoms with Gasteiger partial charge in [-0.1, -0.05) is 18.2 Å². The van der Waals surface area contributed by atoms with Crippen LogP contribution >= 0.6 is 0 Å². The second-order valence-electron chi connectivity index (χ2n) is 7.05. The molecule has 10 nitrogen and oxygen atoms in total. The first kappa shape index (κ1) is 23.7. The number of allylic oxidation sites excluding steroid dienone is 2. The Labute approximate surface area is 190 Å². The quantitative estimate of drug-likeness (QED) is 0.468. The number of ether oxygens (including phenoxy) is 3. The SMILES string of the molecule is CCOC(=O)C1=C(C)NC(C)=C(C(=O)OCC)C1C(=O)OCc1nnc(-c2ccccc2)o1. The maximum absolute atomic E-state index is 13.2. The molecule has 1 N–H and O–H groups in total. The number of hydrogen-bond acceptors (Lipinski definition) is 10. The molecule has 33 heavy (non-hydrogen) atoms. The van der Waals surface area contributed by atoms with Crippen LogP contribution in [-0.2, 0) is 35.2 Å². The highest BCUT2D eigenvalue weighted by Crippen LogP contribution is 2.33. The Morgan fingerprint density at radius 3 is 2.03 bits per heavy atom. The van der Waals surface area contributed by atoms with Crippen LogP contribution in [0, 0.1) is 5.92 Å². The molecular formula is C23H25N3O7. The lowest BCUT2D eigenvalue weighted by Crippen LogP contribution is -2.38. The maximum Gasteiger partial charge on any atom is 0.337 e. The monoisotopic (exact) mass is 455 g/mol. The fraction of sp³-hybridized carbons (Fsp3) is 0.348. The lowest BCUT2D eigenvalue weighted by Gasteiger charge is -2.28. The number of carbonyl (C=O) groups excluding carboxylic acids is 3. The van der Waals surface area contributed by atoms with Crippen molar-refractivity contribution in [3.05, 3.63) is 58.8 Å². The van der Waals surface area contributed by atoms with Crippen LogP contribution in [0.4, 0.5) is 0 Å². The van der Waals surface area contributed by atoms with Gasteiger partial charge in [-0.15, -0.1) is 10.2 Å². The fourth-order valence-corrected chi connectivity index (χ4v) is 3.41. The van der Waals surface area contributed by atoms with Crippen LogP contribution in [0.2, 0.25) is 0 Å². The largest absolute Gasteiger partial charge is 0.463 e. The smallest absolute Gasteiger partial charge is 0.337 e. The van der Waals surface area contributed by atoms with E-state index < -0.39 is 23.8 Å². The van der Waals surface area contributed by atoms with E-state index >= 15 is 0 Å². The molecule has 0 atom stereocenters. The van der Waals surface area contributed by atoms with Gasteiger partial charge in [0.25, 0.3) is 5.89 Å². The van der Waals surface area contributed by atoms with Gasteiger partial charge in [0.05, 0.1) is 24.4 Å². The second kappa shape index (κ2) is 10.6. The van der Waals surface area contributed by atoms with E-state index in [1.807, 2.05) is 18.2 Å². The first-order valence-corrected chi connectivity index (χ1v) is 10.4. The summed E-state index contributed by atoms with van der Waals surface area (Å²) in [6.07, 6.45) is 0. The van der Waals surface area contributed by atoms with Gasteiger partial charge in [0.2, 0.25) is 5.89 Å². The average Bonchev–Trinajstić information content (AvgIpc) is 3.27. The molecule has 3 rings (SSSR count). The topological polar surface area (TPSA) is 130 Å². The number of nitrogens with one attached hydrogen (secondary N) is 1. The molecule has 1 aromatic heterocycles. The number of rotatable bonds is 8. The number of carbonyl (C=O) groups is 3. The second-order valence-corrected chi connectivity index (χ2v) is 7.05. The maximum atomic E-state index is 13.2. The zero-order chi connectivity index (χ0) is 24.0. The fourth-order valence-electron chi connectivity index (χ4n) is 3.41. The number of esters is 3. The van der Waals surface area contributed by atoms with Gasteiger partial charge in [0.15, 0.2) is 6.61 Å². The molecule has 2 heterocycles. The minimum atomic E-state index is -1.33. The van der Waals surface area contributed by atoms with Crippen LogP contribution in [0.25, 0.3) is 11.5 Å². The van der Waals surface area contributed by atoms with Crippen molar-refractivity contribution in [2.24, 2.45) is 5.92 Å². The standard InChI is InChI=1S/C23H25N3O7/c1-5-30-21(27)17-13(3)24-14(4)18(22(28)31-6-2)19(17)23(29)32-12-16-25-26-20(33-16)15-10-8-7-9-11-15/h7-11,19,24H,5-6,12H2,1-4H3. The molecule has 0 amide bonds. The Kier molecular flexibility index (Phi) is 7.60. The van der Waals surface area contributed by atoms with E-state index in [1.165, 1.54) is 0 Å². The van der Waals surface area contributed by atoms with Gasteiger partial charge in [-0.25, -0.2) is 9.59 Å². The van der Waals surface area contributed by atoms with Crippen molar-refractivity contribution in [3.8, 4) is 11.5 Å². The molecule has 0 fully saturated rings. The van der Waals surface area contributed by atoms with E-state index in [-0.39, 0.29) is 42.7 Å². The summed E-state index contributed by atoms with van der Waals surface area (Å²) >= 11 is 0. The Balaban J connectivity index is 1.85. The molecule has 0 unspecified atom stereocenters. The third kappa shape index (κ3) is 5.28. The highest BCUT2D eigenvalue weighted by Gasteiger charge is 2.42. The van der Waals surface area contributed by atoms with Crippen LogP contribution in [-0.4, -0.2) is 41.3 Å².